The summed E-state index contributed by atoms with van der Waals surface area (Å²) in [6.07, 6.45) is -0.576. The summed E-state index contributed by atoms with van der Waals surface area (Å²) in [5, 5.41) is 0. The maximum Gasteiger partial charge on any atom is 0.391 e. The van der Waals surface area contributed by atoms with Crippen molar-refractivity contribution in [3.63, 3.8) is 0 Å². The molecule has 2 aliphatic rings. The average molecular weight is 294 g/mol. The molecule has 118 valence electrons. The Kier molecular flexibility index (Phi) is 4.97. The number of nitrogens with two attached hydrogens (primary N) is 1. The molecule has 0 bridgehead atoms. The van der Waals surface area contributed by atoms with Gasteiger partial charge in [0.25, 0.3) is 0 Å². The maximum absolute atomic E-state index is 13.0. The zero-order chi connectivity index (χ0) is 14.8. The fourth-order valence-electron chi connectivity index (χ4n) is 3.73. The number of hydrogen-bond donors (Lipinski definition) is 1. The Labute approximate surface area is 118 Å². The summed E-state index contributed by atoms with van der Waals surface area (Å²) >= 11 is 0. The molecule has 0 aromatic carbocycles. The second-order valence-electron chi connectivity index (χ2n) is 6.22. The molecule has 0 aromatic heterocycles. The van der Waals surface area contributed by atoms with E-state index in [1.54, 1.807) is 0 Å². The highest BCUT2D eigenvalue weighted by atomic mass is 19.4. The number of likely N-dealkylation sites (N-methyl/N-ethyl adjacent to an activating group) is 1. The number of alkyl halides is 3. The SMILES string of the molecule is CN(C1CCOCC1)C1(CN)CCCC(C(F)(F)F)C1. The average Bonchev–Trinajstić information content (AvgIpc) is 2.46. The minimum atomic E-state index is -4.10. The van der Waals surface area contributed by atoms with Gasteiger partial charge in [0.2, 0.25) is 0 Å². The Morgan fingerprint density at radius 2 is 1.90 bits per heavy atom. The second-order valence-corrected chi connectivity index (χ2v) is 6.22. The van der Waals surface area contributed by atoms with Crippen molar-refractivity contribution < 1.29 is 17.9 Å². The molecule has 0 amide bonds. The molecule has 2 atom stereocenters. The van der Waals surface area contributed by atoms with E-state index in [1.807, 2.05) is 7.05 Å². The molecule has 3 nitrogen and oxygen atoms in total. The van der Waals surface area contributed by atoms with Crippen molar-refractivity contribution in [2.75, 3.05) is 26.8 Å². The van der Waals surface area contributed by atoms with E-state index in [9.17, 15) is 13.2 Å². The van der Waals surface area contributed by atoms with E-state index in [2.05, 4.69) is 4.90 Å². The van der Waals surface area contributed by atoms with Gasteiger partial charge >= 0.3 is 6.18 Å². The second kappa shape index (κ2) is 6.20. The van der Waals surface area contributed by atoms with Gasteiger partial charge < -0.3 is 10.5 Å². The zero-order valence-electron chi connectivity index (χ0n) is 12.1. The summed E-state index contributed by atoms with van der Waals surface area (Å²) in [5.74, 6) is -1.21. The van der Waals surface area contributed by atoms with E-state index in [-0.39, 0.29) is 12.8 Å². The van der Waals surface area contributed by atoms with E-state index in [0.717, 1.165) is 19.3 Å². The molecule has 2 rings (SSSR count). The number of nitrogens with zero attached hydrogens (tertiary/aromatic N) is 1. The highest BCUT2D eigenvalue weighted by Crippen LogP contribution is 2.44. The van der Waals surface area contributed by atoms with Crippen LogP contribution in [0.25, 0.3) is 0 Å². The normalized spacial score (nSPS) is 33.6. The summed E-state index contributed by atoms with van der Waals surface area (Å²) in [7, 11) is 1.95. The molecule has 1 heterocycles. The number of ether oxygens (including phenoxy) is 1. The van der Waals surface area contributed by atoms with Crippen molar-refractivity contribution in [1.29, 1.82) is 0 Å². The van der Waals surface area contributed by atoms with Gasteiger partial charge in [-0.05, 0) is 39.2 Å². The lowest BCUT2D eigenvalue weighted by atomic mass is 9.73. The fraction of sp³-hybridized carbons (Fsp3) is 1.00. The van der Waals surface area contributed by atoms with Crippen LogP contribution >= 0.6 is 0 Å². The predicted octanol–water partition coefficient (Wildman–Crippen LogP) is 2.55. The number of halogens is 3. The standard InChI is InChI=1S/C14H25F3N2O/c1-19(12-4-7-20-8-5-12)13(10-18)6-2-3-11(9-13)14(15,16)17/h11-12H,2-10,18H2,1H3. The molecule has 20 heavy (non-hydrogen) atoms. The van der Waals surface area contributed by atoms with Crippen LogP contribution in [0.1, 0.15) is 38.5 Å². The van der Waals surface area contributed by atoms with Gasteiger partial charge in [-0.2, -0.15) is 13.2 Å². The molecule has 2 fully saturated rings. The topological polar surface area (TPSA) is 38.5 Å². The first kappa shape index (κ1) is 16.0. The summed E-state index contributed by atoms with van der Waals surface area (Å²) in [5.41, 5.74) is 5.41. The summed E-state index contributed by atoms with van der Waals surface area (Å²) < 4.78 is 44.5. The zero-order valence-corrected chi connectivity index (χ0v) is 12.1. The summed E-state index contributed by atoms with van der Waals surface area (Å²) in [6.45, 7) is 1.68. The van der Waals surface area contributed by atoms with Crippen LogP contribution in [0.15, 0.2) is 0 Å². The molecule has 1 aliphatic carbocycles. The summed E-state index contributed by atoms with van der Waals surface area (Å²) in [6, 6.07) is 0.291. The van der Waals surface area contributed by atoms with Crippen molar-refractivity contribution in [3.05, 3.63) is 0 Å². The lowest BCUT2D eigenvalue weighted by Gasteiger charge is -2.50. The van der Waals surface area contributed by atoms with Crippen LogP contribution < -0.4 is 5.73 Å². The van der Waals surface area contributed by atoms with Crippen LogP contribution in [0.5, 0.6) is 0 Å². The first-order chi connectivity index (χ1) is 9.39. The maximum atomic E-state index is 13.0. The Hall–Kier alpha value is -0.330. The third-order valence-corrected chi connectivity index (χ3v) is 5.15. The Morgan fingerprint density at radius 1 is 1.25 bits per heavy atom. The van der Waals surface area contributed by atoms with Crippen LogP contribution in [-0.4, -0.2) is 49.5 Å². The first-order valence-corrected chi connectivity index (χ1v) is 7.46. The molecule has 1 aliphatic heterocycles. The van der Waals surface area contributed by atoms with Crippen LogP contribution in [0.3, 0.4) is 0 Å². The van der Waals surface area contributed by atoms with Gasteiger partial charge in [0.05, 0.1) is 5.92 Å². The lowest BCUT2D eigenvalue weighted by molar-refractivity contribution is -0.195. The quantitative estimate of drug-likeness (QED) is 0.869. The van der Waals surface area contributed by atoms with E-state index < -0.39 is 17.6 Å². The van der Waals surface area contributed by atoms with Gasteiger partial charge in [0, 0.05) is 31.3 Å². The summed E-state index contributed by atoms with van der Waals surface area (Å²) in [4.78, 5) is 2.13. The first-order valence-electron chi connectivity index (χ1n) is 7.46. The third-order valence-electron chi connectivity index (χ3n) is 5.15. The number of rotatable bonds is 3. The molecular weight excluding hydrogens is 269 g/mol. The molecular formula is C14H25F3N2O. The monoisotopic (exact) mass is 294 g/mol. The van der Waals surface area contributed by atoms with Crippen molar-refractivity contribution in [1.82, 2.24) is 4.90 Å². The molecule has 0 aromatic rings. The van der Waals surface area contributed by atoms with Crippen LogP contribution in [0, 0.1) is 5.92 Å². The molecule has 1 saturated carbocycles. The van der Waals surface area contributed by atoms with E-state index in [1.165, 1.54) is 0 Å². The Morgan fingerprint density at radius 3 is 2.45 bits per heavy atom. The minimum absolute atomic E-state index is 0.140. The Balaban J connectivity index is 2.11. The van der Waals surface area contributed by atoms with Crippen LogP contribution in [-0.2, 0) is 4.74 Å². The molecule has 2 unspecified atom stereocenters. The van der Waals surface area contributed by atoms with Crippen molar-refractivity contribution >= 4 is 0 Å². The highest BCUT2D eigenvalue weighted by Gasteiger charge is 2.49. The van der Waals surface area contributed by atoms with Gasteiger partial charge in [-0.1, -0.05) is 6.42 Å². The van der Waals surface area contributed by atoms with Crippen LogP contribution in [0.4, 0.5) is 13.2 Å². The van der Waals surface area contributed by atoms with Gasteiger partial charge in [0.1, 0.15) is 0 Å². The minimum Gasteiger partial charge on any atom is -0.381 e. The van der Waals surface area contributed by atoms with Gasteiger partial charge in [-0.15, -0.1) is 0 Å². The van der Waals surface area contributed by atoms with Crippen molar-refractivity contribution in [2.24, 2.45) is 11.7 Å². The van der Waals surface area contributed by atoms with E-state index >= 15 is 0 Å². The highest BCUT2D eigenvalue weighted by molar-refractivity contribution is 4.99. The fourth-order valence-corrected chi connectivity index (χ4v) is 3.73. The molecule has 0 spiro atoms. The molecule has 1 saturated heterocycles. The Bertz CT molecular complexity index is 318. The van der Waals surface area contributed by atoms with E-state index in [0.29, 0.717) is 32.2 Å². The lowest BCUT2D eigenvalue weighted by Crippen LogP contribution is -2.60. The number of hydrogen-bond acceptors (Lipinski definition) is 3. The molecule has 2 N–H and O–H groups in total. The largest absolute Gasteiger partial charge is 0.391 e. The van der Waals surface area contributed by atoms with Gasteiger partial charge in [-0.25, -0.2) is 0 Å². The van der Waals surface area contributed by atoms with Gasteiger partial charge in [-0.3, -0.25) is 4.90 Å². The van der Waals surface area contributed by atoms with Gasteiger partial charge in [0.15, 0.2) is 0 Å². The molecule has 6 heteroatoms. The third kappa shape index (κ3) is 3.28. The predicted molar refractivity (Wildman–Crippen MR) is 71.4 cm³/mol. The van der Waals surface area contributed by atoms with Crippen LogP contribution in [0.2, 0.25) is 0 Å². The van der Waals surface area contributed by atoms with E-state index in [4.69, 9.17) is 10.5 Å². The van der Waals surface area contributed by atoms with Crippen molar-refractivity contribution in [2.45, 2.75) is 56.3 Å². The molecule has 0 radical (unpaired) electrons. The smallest absolute Gasteiger partial charge is 0.381 e. The van der Waals surface area contributed by atoms with Crippen molar-refractivity contribution in [3.8, 4) is 0 Å².